The van der Waals surface area contributed by atoms with E-state index in [2.05, 4.69) is 10.0 Å². The highest BCUT2D eigenvalue weighted by Crippen LogP contribution is 2.15. The molecule has 0 bridgehead atoms. The number of hydrogen-bond acceptors (Lipinski definition) is 5. The highest BCUT2D eigenvalue weighted by molar-refractivity contribution is 7.89. The largest absolute Gasteiger partial charge is 0.492 e. The van der Waals surface area contributed by atoms with Crippen molar-refractivity contribution in [2.75, 3.05) is 13.2 Å². The Labute approximate surface area is 173 Å². The van der Waals surface area contributed by atoms with Gasteiger partial charge >= 0.3 is 0 Å². The lowest BCUT2D eigenvalue weighted by Crippen LogP contribution is -2.28. The van der Waals surface area contributed by atoms with E-state index in [9.17, 15) is 13.2 Å². The first kappa shape index (κ1) is 20.9. The highest BCUT2D eigenvalue weighted by Gasteiger charge is 2.16. The molecule has 29 heavy (non-hydrogen) atoms. The number of carbonyl (C=O) groups excluding carboxylic acids is 1. The van der Waals surface area contributed by atoms with Crippen LogP contribution in [-0.4, -0.2) is 27.5 Å². The molecule has 0 saturated carbocycles. The Morgan fingerprint density at radius 2 is 1.86 bits per heavy atom. The summed E-state index contributed by atoms with van der Waals surface area (Å²) < 4.78 is 37.9. The van der Waals surface area contributed by atoms with E-state index in [1.165, 1.54) is 24.5 Å². The fourth-order valence-electron chi connectivity index (χ4n) is 2.43. The van der Waals surface area contributed by atoms with Crippen LogP contribution < -0.4 is 14.8 Å². The first-order chi connectivity index (χ1) is 13.9. The molecular weight excluding hydrogens is 416 g/mol. The van der Waals surface area contributed by atoms with Crippen LogP contribution in [0.15, 0.2) is 76.2 Å². The Morgan fingerprint density at radius 3 is 2.59 bits per heavy atom. The molecule has 2 N–H and O–H groups in total. The Bertz CT molecular complexity index is 1050. The summed E-state index contributed by atoms with van der Waals surface area (Å²) in [6.45, 7) is 0.541. The third-order valence-corrected chi connectivity index (χ3v) is 5.54. The molecule has 0 fully saturated rings. The van der Waals surface area contributed by atoms with E-state index < -0.39 is 15.9 Å². The van der Waals surface area contributed by atoms with Crippen molar-refractivity contribution in [3.05, 3.63) is 83.3 Å². The zero-order valence-corrected chi connectivity index (χ0v) is 16.9. The molecule has 0 atom stereocenters. The Kier molecular flexibility index (Phi) is 6.92. The van der Waals surface area contributed by atoms with E-state index in [0.29, 0.717) is 16.5 Å². The average Bonchev–Trinajstić information content (AvgIpc) is 3.25. The van der Waals surface area contributed by atoms with Gasteiger partial charge in [-0.3, -0.25) is 4.79 Å². The number of carbonyl (C=O) groups is 1. The lowest BCUT2D eigenvalue weighted by Gasteiger charge is -2.09. The summed E-state index contributed by atoms with van der Waals surface area (Å²) in [5.74, 6) is 0.732. The predicted octanol–water partition coefficient (Wildman–Crippen LogP) is 3.22. The molecule has 0 spiro atoms. The summed E-state index contributed by atoms with van der Waals surface area (Å²) >= 11 is 5.81. The van der Waals surface area contributed by atoms with Crippen molar-refractivity contribution in [2.45, 2.75) is 11.4 Å². The number of halogens is 1. The molecule has 0 saturated heterocycles. The molecule has 1 heterocycles. The Hall–Kier alpha value is -2.81. The minimum Gasteiger partial charge on any atom is -0.492 e. The predicted molar refractivity (Wildman–Crippen MR) is 108 cm³/mol. The highest BCUT2D eigenvalue weighted by atomic mass is 35.5. The van der Waals surface area contributed by atoms with Crippen LogP contribution in [0.25, 0.3) is 0 Å². The van der Waals surface area contributed by atoms with Crippen molar-refractivity contribution in [2.24, 2.45) is 0 Å². The van der Waals surface area contributed by atoms with Gasteiger partial charge in [-0.25, -0.2) is 13.1 Å². The van der Waals surface area contributed by atoms with Crippen LogP contribution in [0, 0.1) is 0 Å². The second-order valence-corrected chi connectivity index (χ2v) is 8.19. The summed E-state index contributed by atoms with van der Waals surface area (Å²) in [6, 6.07) is 16.0. The summed E-state index contributed by atoms with van der Waals surface area (Å²) in [5, 5.41) is 3.30. The third kappa shape index (κ3) is 6.08. The minimum absolute atomic E-state index is 0.00544. The van der Waals surface area contributed by atoms with E-state index in [0.717, 1.165) is 0 Å². The van der Waals surface area contributed by atoms with Gasteiger partial charge in [0.25, 0.3) is 5.91 Å². The Balaban J connectivity index is 1.53. The fraction of sp³-hybridized carbons (Fsp3) is 0.150. The lowest BCUT2D eigenvalue weighted by molar-refractivity contribution is 0.0947. The SMILES string of the molecule is O=C(NCCOc1ccc(Cl)cc1)c1cccc(S(=O)(=O)NCc2ccco2)c1. The molecular formula is C20H19ClN2O5S. The number of rotatable bonds is 9. The summed E-state index contributed by atoms with van der Waals surface area (Å²) in [6.07, 6.45) is 1.46. The molecule has 7 nitrogen and oxygen atoms in total. The molecule has 1 amide bonds. The van der Waals surface area contributed by atoms with Gasteiger partial charge in [0.1, 0.15) is 18.1 Å². The number of furan rings is 1. The van der Waals surface area contributed by atoms with Crippen LogP contribution in [0.3, 0.4) is 0 Å². The maximum atomic E-state index is 12.4. The molecule has 0 aliphatic carbocycles. The lowest BCUT2D eigenvalue weighted by atomic mass is 10.2. The Morgan fingerprint density at radius 1 is 1.07 bits per heavy atom. The molecule has 0 unspecified atom stereocenters. The van der Waals surface area contributed by atoms with Gasteiger partial charge in [-0.05, 0) is 54.6 Å². The van der Waals surface area contributed by atoms with Crippen molar-refractivity contribution in [1.29, 1.82) is 0 Å². The van der Waals surface area contributed by atoms with E-state index in [1.807, 2.05) is 0 Å². The number of ether oxygens (including phenoxy) is 1. The maximum Gasteiger partial charge on any atom is 0.251 e. The van der Waals surface area contributed by atoms with Gasteiger partial charge in [0, 0.05) is 10.6 Å². The normalized spacial score (nSPS) is 11.2. The molecule has 9 heteroatoms. The van der Waals surface area contributed by atoms with E-state index in [-0.39, 0.29) is 30.2 Å². The third-order valence-electron chi connectivity index (χ3n) is 3.89. The van der Waals surface area contributed by atoms with Gasteiger partial charge in [0.2, 0.25) is 10.0 Å². The zero-order chi connectivity index (χ0) is 20.7. The van der Waals surface area contributed by atoms with Crippen LogP contribution in [0.1, 0.15) is 16.1 Å². The first-order valence-electron chi connectivity index (χ1n) is 8.73. The first-order valence-corrected chi connectivity index (χ1v) is 10.6. The number of sulfonamides is 1. The van der Waals surface area contributed by atoms with Crippen molar-refractivity contribution < 1.29 is 22.4 Å². The van der Waals surface area contributed by atoms with E-state index in [4.69, 9.17) is 20.8 Å². The summed E-state index contributed by atoms with van der Waals surface area (Å²) in [7, 11) is -3.78. The summed E-state index contributed by atoms with van der Waals surface area (Å²) in [4.78, 5) is 12.3. The van der Waals surface area contributed by atoms with Crippen molar-refractivity contribution in [3.8, 4) is 5.75 Å². The molecule has 2 aromatic carbocycles. The van der Waals surface area contributed by atoms with Crippen LogP contribution in [-0.2, 0) is 16.6 Å². The fourth-order valence-corrected chi connectivity index (χ4v) is 3.60. The molecule has 152 valence electrons. The van der Waals surface area contributed by atoms with Crippen LogP contribution in [0.2, 0.25) is 5.02 Å². The number of nitrogens with one attached hydrogen (secondary N) is 2. The number of amides is 1. The second-order valence-electron chi connectivity index (χ2n) is 5.99. The van der Waals surface area contributed by atoms with E-state index in [1.54, 1.807) is 42.5 Å². The van der Waals surface area contributed by atoms with Crippen LogP contribution in [0.4, 0.5) is 0 Å². The van der Waals surface area contributed by atoms with Gasteiger partial charge in [-0.2, -0.15) is 0 Å². The molecule has 3 aromatic rings. The topological polar surface area (TPSA) is 97.6 Å². The van der Waals surface area contributed by atoms with Gasteiger partial charge in [-0.1, -0.05) is 17.7 Å². The van der Waals surface area contributed by atoms with Crippen molar-refractivity contribution >= 4 is 27.5 Å². The van der Waals surface area contributed by atoms with Gasteiger partial charge in [0.05, 0.1) is 24.2 Å². The molecule has 0 aliphatic rings. The van der Waals surface area contributed by atoms with Gasteiger partial charge in [0.15, 0.2) is 0 Å². The van der Waals surface area contributed by atoms with Crippen LogP contribution in [0.5, 0.6) is 5.75 Å². The monoisotopic (exact) mass is 434 g/mol. The molecule has 1 aromatic heterocycles. The number of hydrogen-bond donors (Lipinski definition) is 2. The smallest absolute Gasteiger partial charge is 0.251 e. The number of benzene rings is 2. The molecule has 0 aliphatic heterocycles. The maximum absolute atomic E-state index is 12.4. The van der Waals surface area contributed by atoms with Crippen molar-refractivity contribution in [1.82, 2.24) is 10.0 Å². The van der Waals surface area contributed by atoms with Gasteiger partial charge in [-0.15, -0.1) is 0 Å². The van der Waals surface area contributed by atoms with Crippen LogP contribution >= 0.6 is 11.6 Å². The minimum atomic E-state index is -3.78. The quantitative estimate of drug-likeness (QED) is 0.504. The van der Waals surface area contributed by atoms with Gasteiger partial charge < -0.3 is 14.5 Å². The molecule has 0 radical (unpaired) electrons. The second kappa shape index (κ2) is 9.60. The average molecular weight is 435 g/mol. The standard InChI is InChI=1S/C20H19ClN2O5S/c21-16-6-8-17(9-7-16)28-12-10-22-20(24)15-3-1-5-19(13-15)29(25,26)23-14-18-4-2-11-27-18/h1-9,11,13,23H,10,12,14H2,(H,22,24). The molecule has 3 rings (SSSR count). The zero-order valence-electron chi connectivity index (χ0n) is 15.3. The van der Waals surface area contributed by atoms with Crippen molar-refractivity contribution in [3.63, 3.8) is 0 Å². The summed E-state index contributed by atoms with van der Waals surface area (Å²) in [5.41, 5.74) is 0.234. The van der Waals surface area contributed by atoms with E-state index >= 15 is 0 Å².